The molecule has 5 N–H and O–H groups in total. The number of aromatic hydroxyl groups is 2. The van der Waals surface area contributed by atoms with Gasteiger partial charge in [0, 0.05) is 0 Å². The van der Waals surface area contributed by atoms with Crippen LogP contribution in [0.4, 0.5) is 0 Å². The first-order valence-corrected chi connectivity index (χ1v) is 11.1. The van der Waals surface area contributed by atoms with Crippen molar-refractivity contribution in [3.63, 3.8) is 0 Å². The van der Waals surface area contributed by atoms with Crippen LogP contribution in [0.2, 0.25) is 0 Å². The first kappa shape index (κ1) is 18.9. The van der Waals surface area contributed by atoms with Crippen molar-refractivity contribution in [2.24, 2.45) is 17.3 Å². The Morgan fingerprint density at radius 2 is 2.03 bits per heavy atom. The third-order valence-corrected chi connectivity index (χ3v) is 8.51. The van der Waals surface area contributed by atoms with E-state index in [-0.39, 0.29) is 34.4 Å². The molecule has 8 nitrogen and oxygen atoms in total. The van der Waals surface area contributed by atoms with Crippen LogP contribution in [0.15, 0.2) is 18.7 Å². The molecule has 3 aromatic rings. The quantitative estimate of drug-likeness (QED) is 0.386. The summed E-state index contributed by atoms with van der Waals surface area (Å²) in [7, 11) is 0. The summed E-state index contributed by atoms with van der Waals surface area (Å²) in [5.74, 6) is 0.821. The highest BCUT2D eigenvalue weighted by Crippen LogP contribution is 2.62. The number of hydrogen-bond donors (Lipinski definition) is 5. The van der Waals surface area contributed by atoms with E-state index in [2.05, 4.69) is 21.9 Å². The SMILES string of the molecule is C[C@]12CC[C@@H]3c4c(cc(O)c(O)c4-n4cnc(=N)c5[nH]cnc54)CC[C@H]3[C@@H]1CC[C@@H]2O. The molecule has 5 atom stereocenters. The number of aliphatic hydroxyl groups is 1. The number of nitrogens with zero attached hydrogens (tertiary/aromatic N) is 3. The smallest absolute Gasteiger partial charge is 0.182 e. The molecule has 6 rings (SSSR count). The molecule has 8 heteroatoms. The van der Waals surface area contributed by atoms with E-state index in [4.69, 9.17) is 5.41 Å². The molecule has 0 amide bonds. The van der Waals surface area contributed by atoms with E-state index in [0.717, 1.165) is 49.7 Å². The van der Waals surface area contributed by atoms with Crippen LogP contribution in [0.1, 0.15) is 56.1 Å². The van der Waals surface area contributed by atoms with Crippen LogP contribution in [0, 0.1) is 22.7 Å². The summed E-state index contributed by atoms with van der Waals surface area (Å²) in [4.78, 5) is 11.5. The molecule has 2 aromatic heterocycles. The standard InChI is InChI=1S/C23H27N5O3/c1-23-7-6-13-12(14(23)4-5-16(23)30)3-2-11-8-15(29)20(31)19(17(11)13)28-10-27-21(24)18-22(28)26-9-25-18/h8-10,12-14,16,24,29-31H,2-7H2,1H3,(H,25,26)/t12-,13+,14+,16+,23+/m1/s1. The Bertz CT molecular complexity index is 1260. The maximum absolute atomic E-state index is 11.0. The van der Waals surface area contributed by atoms with Crippen molar-refractivity contribution >= 4 is 11.2 Å². The van der Waals surface area contributed by atoms with Crippen LogP contribution in [-0.2, 0) is 6.42 Å². The number of aromatic nitrogens is 4. The number of rotatable bonds is 1. The van der Waals surface area contributed by atoms with Crippen molar-refractivity contribution < 1.29 is 15.3 Å². The van der Waals surface area contributed by atoms with Gasteiger partial charge >= 0.3 is 0 Å². The fourth-order valence-electron chi connectivity index (χ4n) is 6.96. The number of aromatic amines is 1. The van der Waals surface area contributed by atoms with E-state index in [1.165, 1.54) is 12.7 Å². The van der Waals surface area contributed by atoms with Gasteiger partial charge in [0.05, 0.1) is 18.1 Å². The van der Waals surface area contributed by atoms with Crippen molar-refractivity contribution in [3.05, 3.63) is 35.3 Å². The van der Waals surface area contributed by atoms with Crippen LogP contribution in [0.3, 0.4) is 0 Å². The van der Waals surface area contributed by atoms with Gasteiger partial charge in [-0.15, -0.1) is 0 Å². The number of hydrogen-bond acceptors (Lipinski definition) is 6. The average Bonchev–Trinajstić information content (AvgIpc) is 3.36. The number of phenolic OH excluding ortho intramolecular Hbond substituents is 2. The van der Waals surface area contributed by atoms with Gasteiger partial charge in [-0.3, -0.25) is 9.98 Å². The second kappa shape index (κ2) is 6.32. The van der Waals surface area contributed by atoms with E-state index in [9.17, 15) is 15.3 Å². The lowest BCUT2D eigenvalue weighted by Crippen LogP contribution is -2.44. The predicted octanol–water partition coefficient (Wildman–Crippen LogP) is 2.86. The zero-order valence-electron chi connectivity index (χ0n) is 17.5. The molecular formula is C23H27N5O3. The van der Waals surface area contributed by atoms with E-state index < -0.39 is 0 Å². The fraction of sp³-hybridized carbons (Fsp3) is 0.522. The molecule has 31 heavy (non-hydrogen) atoms. The molecule has 2 heterocycles. The van der Waals surface area contributed by atoms with Gasteiger partial charge in [-0.25, -0.2) is 9.97 Å². The third kappa shape index (κ3) is 2.42. The second-order valence-corrected chi connectivity index (χ2v) is 9.78. The summed E-state index contributed by atoms with van der Waals surface area (Å²) in [5.41, 5.74) is 3.68. The number of aryl methyl sites for hydroxylation is 1. The molecule has 3 aliphatic rings. The predicted molar refractivity (Wildman–Crippen MR) is 113 cm³/mol. The summed E-state index contributed by atoms with van der Waals surface area (Å²) in [6.07, 6.45) is 8.44. The van der Waals surface area contributed by atoms with Crippen molar-refractivity contribution in [2.75, 3.05) is 0 Å². The van der Waals surface area contributed by atoms with E-state index >= 15 is 0 Å². The van der Waals surface area contributed by atoms with E-state index in [1.807, 2.05) is 0 Å². The summed E-state index contributed by atoms with van der Waals surface area (Å²) in [6, 6.07) is 1.70. The Labute approximate surface area is 179 Å². The maximum Gasteiger partial charge on any atom is 0.182 e. The summed E-state index contributed by atoms with van der Waals surface area (Å²) < 4.78 is 1.71. The molecule has 3 aliphatic carbocycles. The average molecular weight is 422 g/mol. The van der Waals surface area contributed by atoms with Crippen molar-refractivity contribution in [2.45, 2.75) is 57.5 Å². The Morgan fingerprint density at radius 1 is 1.19 bits per heavy atom. The van der Waals surface area contributed by atoms with Gasteiger partial charge in [-0.1, -0.05) is 6.92 Å². The number of imidazole rings is 1. The maximum atomic E-state index is 11.0. The molecule has 0 aliphatic heterocycles. The molecular weight excluding hydrogens is 394 g/mol. The number of benzene rings is 1. The van der Waals surface area contributed by atoms with Crippen LogP contribution >= 0.6 is 0 Å². The van der Waals surface area contributed by atoms with Gasteiger partial charge in [-0.05, 0) is 78.9 Å². The van der Waals surface area contributed by atoms with Gasteiger partial charge in [-0.2, -0.15) is 0 Å². The zero-order chi connectivity index (χ0) is 21.5. The Hall–Kier alpha value is -2.87. The van der Waals surface area contributed by atoms with Crippen LogP contribution in [0.5, 0.6) is 11.5 Å². The highest BCUT2D eigenvalue weighted by atomic mass is 16.3. The molecule has 2 saturated carbocycles. The number of aliphatic hydroxyl groups excluding tert-OH is 1. The molecule has 0 radical (unpaired) electrons. The van der Waals surface area contributed by atoms with Crippen molar-refractivity contribution in [3.8, 4) is 17.2 Å². The fourth-order valence-corrected chi connectivity index (χ4v) is 6.96. The van der Waals surface area contributed by atoms with Gasteiger partial charge < -0.3 is 20.3 Å². The molecule has 0 unspecified atom stereocenters. The largest absolute Gasteiger partial charge is 0.504 e. The Balaban J connectivity index is 1.58. The van der Waals surface area contributed by atoms with E-state index in [0.29, 0.717) is 28.7 Å². The minimum absolute atomic E-state index is 0.0329. The van der Waals surface area contributed by atoms with Gasteiger partial charge in [0.2, 0.25) is 0 Å². The van der Waals surface area contributed by atoms with E-state index in [1.54, 1.807) is 10.6 Å². The molecule has 0 saturated heterocycles. The monoisotopic (exact) mass is 421 g/mol. The van der Waals surface area contributed by atoms with Gasteiger partial charge in [0.1, 0.15) is 11.8 Å². The molecule has 162 valence electrons. The highest BCUT2D eigenvalue weighted by Gasteiger charge is 2.55. The normalized spacial score (nSPS) is 31.9. The minimum Gasteiger partial charge on any atom is -0.504 e. The summed E-state index contributed by atoms with van der Waals surface area (Å²) in [6.45, 7) is 2.25. The summed E-state index contributed by atoms with van der Waals surface area (Å²) in [5, 5.41) is 40.3. The molecule has 0 bridgehead atoms. The molecule has 1 aromatic carbocycles. The number of H-pyrrole nitrogens is 1. The number of fused-ring (bicyclic) bond motifs is 6. The topological polar surface area (TPSA) is 131 Å². The van der Waals surface area contributed by atoms with Crippen LogP contribution < -0.4 is 5.49 Å². The Kier molecular flexibility index (Phi) is 3.85. The lowest BCUT2D eigenvalue weighted by molar-refractivity contribution is -0.0226. The first-order valence-electron chi connectivity index (χ1n) is 11.1. The van der Waals surface area contributed by atoms with Crippen LogP contribution in [0.25, 0.3) is 16.9 Å². The first-order chi connectivity index (χ1) is 14.9. The number of nitrogens with one attached hydrogen (secondary N) is 2. The zero-order valence-corrected chi connectivity index (χ0v) is 17.5. The highest BCUT2D eigenvalue weighted by molar-refractivity contribution is 5.74. The second-order valence-electron chi connectivity index (χ2n) is 9.78. The minimum atomic E-state index is -0.237. The lowest BCUT2D eigenvalue weighted by Gasteiger charge is -2.50. The molecule has 2 fully saturated rings. The van der Waals surface area contributed by atoms with Crippen molar-refractivity contribution in [1.29, 1.82) is 5.41 Å². The summed E-state index contributed by atoms with van der Waals surface area (Å²) >= 11 is 0. The van der Waals surface area contributed by atoms with Crippen LogP contribution in [-0.4, -0.2) is 40.9 Å². The van der Waals surface area contributed by atoms with Crippen molar-refractivity contribution in [1.82, 2.24) is 19.5 Å². The van der Waals surface area contributed by atoms with Gasteiger partial charge in [0.15, 0.2) is 22.6 Å². The Morgan fingerprint density at radius 3 is 2.87 bits per heavy atom. The number of phenols is 2. The third-order valence-electron chi connectivity index (χ3n) is 8.51. The lowest BCUT2D eigenvalue weighted by atomic mass is 9.55. The molecule has 0 spiro atoms. The van der Waals surface area contributed by atoms with Gasteiger partial charge in [0.25, 0.3) is 0 Å².